The second kappa shape index (κ2) is 8.22. The summed E-state index contributed by atoms with van der Waals surface area (Å²) in [5.74, 6) is -6.27. The van der Waals surface area contributed by atoms with Gasteiger partial charge in [0.15, 0.2) is 0 Å². The molecule has 2 heterocycles. The number of aromatic nitrogens is 2. The minimum absolute atomic E-state index is 0.267. The molecule has 3 aromatic carbocycles. The zero-order valence-electron chi connectivity index (χ0n) is 18.9. The molecule has 0 spiro atoms. The number of hydrogen-bond donors (Lipinski definition) is 1. The fourth-order valence-corrected chi connectivity index (χ4v) is 4.78. The third kappa shape index (κ3) is 3.62. The minimum atomic E-state index is -3.79. The van der Waals surface area contributed by atoms with E-state index in [1.165, 1.54) is 12.1 Å². The molecule has 2 fully saturated rings. The Kier molecular flexibility index (Phi) is 5.10. The molecular weight excluding hydrogens is 469 g/mol. The zero-order chi connectivity index (χ0) is 25.0. The first-order valence-corrected chi connectivity index (χ1v) is 11.6. The molecule has 2 atom stereocenters. The highest BCUT2D eigenvalue weighted by Gasteiger charge is 2.63. The van der Waals surface area contributed by atoms with Gasteiger partial charge in [0, 0.05) is 17.0 Å². The van der Waals surface area contributed by atoms with Crippen molar-refractivity contribution in [3.63, 3.8) is 0 Å². The van der Waals surface area contributed by atoms with Crippen LogP contribution in [0.4, 0.5) is 18.9 Å². The Morgan fingerprint density at radius 3 is 2.36 bits per heavy atom. The van der Waals surface area contributed by atoms with Crippen molar-refractivity contribution in [3.05, 3.63) is 90.4 Å². The maximum atomic E-state index is 15.4. The van der Waals surface area contributed by atoms with E-state index in [1.807, 2.05) is 0 Å². The van der Waals surface area contributed by atoms with Gasteiger partial charge < -0.3 is 5.32 Å². The molecule has 4 aromatic rings. The predicted molar refractivity (Wildman–Crippen MR) is 127 cm³/mol. The van der Waals surface area contributed by atoms with E-state index in [1.54, 1.807) is 71.5 Å². The summed E-state index contributed by atoms with van der Waals surface area (Å²) in [5, 5.41) is 7.45. The molecule has 9 heteroatoms. The van der Waals surface area contributed by atoms with Crippen LogP contribution in [0.15, 0.2) is 79.0 Å². The van der Waals surface area contributed by atoms with E-state index in [2.05, 4.69) is 10.4 Å². The van der Waals surface area contributed by atoms with E-state index < -0.39 is 29.8 Å². The van der Waals surface area contributed by atoms with Gasteiger partial charge in [-0.05, 0) is 60.9 Å². The Bertz CT molecular complexity index is 1470. The fourth-order valence-electron chi connectivity index (χ4n) is 4.78. The van der Waals surface area contributed by atoms with Crippen LogP contribution in [0.25, 0.3) is 16.6 Å². The quantitative estimate of drug-likeness (QED) is 0.438. The highest BCUT2D eigenvalue weighted by molar-refractivity contribution is 6.04. The largest absolute Gasteiger partial charge is 0.347 e. The van der Waals surface area contributed by atoms with Crippen LogP contribution in [-0.4, -0.2) is 33.6 Å². The van der Waals surface area contributed by atoms with Gasteiger partial charge in [0.05, 0.1) is 23.4 Å². The number of amides is 2. The van der Waals surface area contributed by atoms with Gasteiger partial charge in [0.1, 0.15) is 11.9 Å². The number of nitrogens with one attached hydrogen (secondary N) is 1. The van der Waals surface area contributed by atoms with Gasteiger partial charge in [-0.25, -0.2) is 9.07 Å². The standard InChI is InChI=1S/C27H21F3N4O2/c28-19-8-10-20(11-9-19)34-22-13-12-21(14-18(22)15-31-34)33-23(16-4-2-1-3-5-16)24(27(29,30)26(33)36)32-25(35)17-6-7-17/h1-5,8-15,17,23-24H,6-7H2,(H,32,35)/t23-,24-/m1/s1. The van der Waals surface area contributed by atoms with Gasteiger partial charge in [-0.1, -0.05) is 30.3 Å². The van der Waals surface area contributed by atoms with Crippen molar-refractivity contribution < 1.29 is 22.8 Å². The zero-order valence-corrected chi connectivity index (χ0v) is 18.9. The topological polar surface area (TPSA) is 67.2 Å². The Hall–Kier alpha value is -4.14. The van der Waals surface area contributed by atoms with Crippen LogP contribution in [0, 0.1) is 11.7 Å². The van der Waals surface area contributed by atoms with Crippen LogP contribution in [-0.2, 0) is 9.59 Å². The Morgan fingerprint density at radius 1 is 0.972 bits per heavy atom. The van der Waals surface area contributed by atoms with Crippen LogP contribution in [0.5, 0.6) is 0 Å². The lowest BCUT2D eigenvalue weighted by molar-refractivity contribution is -0.142. The first-order chi connectivity index (χ1) is 17.3. The summed E-state index contributed by atoms with van der Waals surface area (Å²) >= 11 is 0. The van der Waals surface area contributed by atoms with Crippen molar-refractivity contribution in [1.29, 1.82) is 0 Å². The molecule has 182 valence electrons. The second-order valence-electron chi connectivity index (χ2n) is 9.19. The molecule has 1 saturated carbocycles. The molecule has 2 aliphatic rings. The first-order valence-electron chi connectivity index (χ1n) is 11.6. The van der Waals surface area contributed by atoms with Crippen molar-refractivity contribution >= 4 is 28.4 Å². The van der Waals surface area contributed by atoms with E-state index in [4.69, 9.17) is 0 Å². The molecule has 0 radical (unpaired) electrons. The Labute approximate surface area is 204 Å². The number of rotatable bonds is 5. The molecule has 1 N–H and O–H groups in total. The Balaban J connectivity index is 1.43. The van der Waals surface area contributed by atoms with Crippen LogP contribution < -0.4 is 10.2 Å². The van der Waals surface area contributed by atoms with Gasteiger partial charge in [0.25, 0.3) is 5.91 Å². The molecule has 1 saturated heterocycles. The lowest BCUT2D eigenvalue weighted by Crippen LogP contribution is -2.49. The molecule has 6 rings (SSSR count). The number of nitrogens with zero attached hydrogens (tertiary/aromatic N) is 3. The first kappa shape index (κ1) is 22.3. The van der Waals surface area contributed by atoms with Crippen LogP contribution in [0.2, 0.25) is 0 Å². The molecule has 1 aliphatic carbocycles. The summed E-state index contributed by atoms with van der Waals surface area (Å²) in [4.78, 5) is 26.7. The summed E-state index contributed by atoms with van der Waals surface area (Å²) in [6.07, 6.45) is 2.88. The minimum Gasteiger partial charge on any atom is -0.344 e. The van der Waals surface area contributed by atoms with Gasteiger partial charge in [-0.3, -0.25) is 14.5 Å². The summed E-state index contributed by atoms with van der Waals surface area (Å²) in [6.45, 7) is 0. The summed E-state index contributed by atoms with van der Waals surface area (Å²) in [5.41, 5.74) is 2.06. The summed E-state index contributed by atoms with van der Waals surface area (Å²) in [6, 6.07) is 16.4. The lowest BCUT2D eigenvalue weighted by atomic mass is 9.97. The molecular formula is C27H21F3N4O2. The Morgan fingerprint density at radius 2 is 1.67 bits per heavy atom. The highest BCUT2D eigenvalue weighted by atomic mass is 19.3. The van der Waals surface area contributed by atoms with Crippen LogP contribution in [0.1, 0.15) is 24.4 Å². The van der Waals surface area contributed by atoms with E-state index in [0.29, 0.717) is 35.0 Å². The number of carbonyl (C=O) groups is 2. The molecule has 0 unspecified atom stereocenters. The van der Waals surface area contributed by atoms with Crippen molar-refractivity contribution in [3.8, 4) is 5.69 Å². The van der Waals surface area contributed by atoms with Gasteiger partial charge in [-0.15, -0.1) is 0 Å². The van der Waals surface area contributed by atoms with Crippen molar-refractivity contribution in [2.24, 2.45) is 5.92 Å². The van der Waals surface area contributed by atoms with Crippen molar-refractivity contribution in [1.82, 2.24) is 15.1 Å². The molecule has 2 amide bonds. The average molecular weight is 490 g/mol. The molecule has 1 aliphatic heterocycles. The summed E-state index contributed by atoms with van der Waals surface area (Å²) < 4.78 is 45.8. The average Bonchev–Trinajstić information content (AvgIpc) is 3.62. The highest BCUT2D eigenvalue weighted by Crippen LogP contribution is 2.46. The number of anilines is 1. The fraction of sp³-hybridized carbons (Fsp3) is 0.222. The van der Waals surface area contributed by atoms with Crippen LogP contribution >= 0.6 is 0 Å². The maximum Gasteiger partial charge on any atom is 0.347 e. The van der Waals surface area contributed by atoms with E-state index in [0.717, 1.165) is 4.90 Å². The van der Waals surface area contributed by atoms with E-state index >= 15 is 8.78 Å². The number of benzene rings is 3. The van der Waals surface area contributed by atoms with Crippen LogP contribution in [0.3, 0.4) is 0 Å². The third-order valence-corrected chi connectivity index (χ3v) is 6.78. The molecule has 36 heavy (non-hydrogen) atoms. The van der Waals surface area contributed by atoms with Gasteiger partial charge >= 0.3 is 5.92 Å². The monoisotopic (exact) mass is 490 g/mol. The number of alkyl halides is 2. The molecule has 1 aromatic heterocycles. The van der Waals surface area contributed by atoms with Crippen molar-refractivity contribution in [2.75, 3.05) is 4.90 Å². The van der Waals surface area contributed by atoms with Gasteiger partial charge in [-0.2, -0.15) is 13.9 Å². The number of halogens is 3. The van der Waals surface area contributed by atoms with Crippen molar-refractivity contribution in [2.45, 2.75) is 30.8 Å². The smallest absolute Gasteiger partial charge is 0.344 e. The normalized spacial score (nSPS) is 21.2. The second-order valence-corrected chi connectivity index (χ2v) is 9.19. The van der Waals surface area contributed by atoms with Gasteiger partial charge in [0.2, 0.25) is 5.91 Å². The molecule has 6 nitrogen and oxygen atoms in total. The van der Waals surface area contributed by atoms with E-state index in [9.17, 15) is 14.0 Å². The predicted octanol–water partition coefficient (Wildman–Crippen LogP) is 4.78. The third-order valence-electron chi connectivity index (χ3n) is 6.78. The number of fused-ring (bicyclic) bond motifs is 1. The lowest BCUT2D eigenvalue weighted by Gasteiger charge is -2.28. The number of hydrogen-bond acceptors (Lipinski definition) is 3. The number of carbonyl (C=O) groups excluding carboxylic acids is 2. The maximum absolute atomic E-state index is 15.4. The summed E-state index contributed by atoms with van der Waals surface area (Å²) in [7, 11) is 0. The van der Waals surface area contributed by atoms with E-state index in [-0.39, 0.29) is 17.4 Å². The molecule has 0 bridgehead atoms. The SMILES string of the molecule is O=C(N[C@@H]1[C@@H](c2ccccc2)N(c2ccc3c(cnn3-c3ccc(F)cc3)c2)C(=O)C1(F)F)C1CC1.